The first-order chi connectivity index (χ1) is 3.85. The zero-order valence-electron chi connectivity index (χ0n) is 4.88. The van der Waals surface area contributed by atoms with Crippen molar-refractivity contribution in [1.29, 1.82) is 0 Å². The van der Waals surface area contributed by atoms with Gasteiger partial charge in [0.25, 0.3) is 0 Å². The first-order valence-electron chi connectivity index (χ1n) is 2.02. The van der Waals surface area contributed by atoms with Crippen LogP contribution in [0.3, 0.4) is 0 Å². The van der Waals surface area contributed by atoms with Gasteiger partial charge < -0.3 is 14.0 Å². The molecule has 0 bridgehead atoms. The highest BCUT2D eigenvalue weighted by Gasteiger charge is 2.16. The largest absolute Gasteiger partial charge is 0.721 e. The van der Waals surface area contributed by atoms with Crippen LogP contribution in [0.4, 0.5) is 0 Å². The van der Waals surface area contributed by atoms with E-state index in [2.05, 4.69) is 14.0 Å². The molecule has 0 fully saturated rings. The summed E-state index contributed by atoms with van der Waals surface area (Å²) in [5.41, 5.74) is 0. The van der Waals surface area contributed by atoms with E-state index in [1.54, 1.807) is 0 Å². The molecule has 0 saturated heterocycles. The third-order valence-electron chi connectivity index (χ3n) is 0.549. The van der Waals surface area contributed by atoms with Crippen molar-refractivity contribution in [3.8, 4) is 12.5 Å². The average Bonchev–Trinajstić information content (AvgIpc) is 1.83. The molecule has 8 heavy (non-hydrogen) atoms. The molecule has 0 atom stereocenters. The van der Waals surface area contributed by atoms with Gasteiger partial charge >= 0.3 is 7.32 Å². The molecule has 0 aromatic rings. The zero-order valence-corrected chi connectivity index (χ0v) is 4.88. The fourth-order valence-corrected chi connectivity index (χ4v) is 0.248. The Morgan fingerprint density at radius 3 is 2.00 bits per heavy atom. The summed E-state index contributed by atoms with van der Waals surface area (Å²) in [5, 5.41) is 0. The molecule has 0 aliphatic heterocycles. The van der Waals surface area contributed by atoms with Crippen molar-refractivity contribution in [1.82, 2.24) is 0 Å². The summed E-state index contributed by atoms with van der Waals surface area (Å²) in [6.45, 7) is 0. The molecular weight excluding hydrogens is 107 g/mol. The van der Waals surface area contributed by atoms with Gasteiger partial charge in [-0.1, -0.05) is 6.42 Å². The van der Waals surface area contributed by atoms with Gasteiger partial charge in [-0.3, -0.25) is 0 Å². The Balaban J connectivity index is 3.25. The minimum Gasteiger partial charge on any atom is -0.462 e. The minimum absolute atomic E-state index is 0.736. The van der Waals surface area contributed by atoms with Gasteiger partial charge in [0, 0.05) is 14.2 Å². The SMILES string of the molecule is C#COB(OC)OC. The highest BCUT2D eigenvalue weighted by atomic mass is 16.7. The maximum atomic E-state index is 4.75. The van der Waals surface area contributed by atoms with Crippen molar-refractivity contribution >= 4 is 7.32 Å². The summed E-state index contributed by atoms with van der Waals surface area (Å²) in [5.74, 6) is 0. The number of rotatable bonds is 3. The van der Waals surface area contributed by atoms with Gasteiger partial charge in [-0.2, -0.15) is 0 Å². The summed E-state index contributed by atoms with van der Waals surface area (Å²) in [6, 6.07) is 0. The van der Waals surface area contributed by atoms with Crippen LogP contribution in [0.1, 0.15) is 0 Å². The summed E-state index contributed by atoms with van der Waals surface area (Å²) in [7, 11) is 2.14. The Labute approximate surface area is 49.1 Å². The van der Waals surface area contributed by atoms with E-state index in [4.69, 9.17) is 6.42 Å². The van der Waals surface area contributed by atoms with Crippen molar-refractivity contribution in [2.24, 2.45) is 0 Å². The van der Waals surface area contributed by atoms with E-state index >= 15 is 0 Å². The first-order valence-corrected chi connectivity index (χ1v) is 2.02. The fourth-order valence-electron chi connectivity index (χ4n) is 0.248. The van der Waals surface area contributed by atoms with Crippen LogP contribution in [0.5, 0.6) is 0 Å². The number of terminal acetylenes is 1. The third-order valence-corrected chi connectivity index (χ3v) is 0.549. The molecule has 0 aromatic heterocycles. The van der Waals surface area contributed by atoms with Gasteiger partial charge in [0.2, 0.25) is 0 Å². The zero-order chi connectivity index (χ0) is 6.41. The summed E-state index contributed by atoms with van der Waals surface area (Å²) in [4.78, 5) is 0. The Bertz CT molecular complexity index is 83.8. The molecule has 0 radical (unpaired) electrons. The van der Waals surface area contributed by atoms with Crippen molar-refractivity contribution < 1.29 is 14.0 Å². The lowest BCUT2D eigenvalue weighted by atomic mass is 10.2. The topological polar surface area (TPSA) is 27.7 Å². The predicted molar refractivity (Wildman–Crippen MR) is 29.7 cm³/mol. The Hall–Kier alpha value is -0.655. The van der Waals surface area contributed by atoms with Crippen molar-refractivity contribution in [3.63, 3.8) is 0 Å². The molecule has 0 amide bonds. The van der Waals surface area contributed by atoms with E-state index in [0.717, 1.165) is 0 Å². The van der Waals surface area contributed by atoms with Crippen LogP contribution in [0, 0.1) is 12.5 Å². The highest BCUT2D eigenvalue weighted by molar-refractivity contribution is 6.36. The molecule has 0 spiro atoms. The van der Waals surface area contributed by atoms with Gasteiger partial charge in [0.15, 0.2) is 0 Å². The first kappa shape index (κ1) is 7.34. The summed E-state index contributed by atoms with van der Waals surface area (Å²) in [6.07, 6.45) is 6.67. The maximum Gasteiger partial charge on any atom is 0.721 e. The van der Waals surface area contributed by atoms with Gasteiger partial charge in [-0.25, -0.2) is 0 Å². The molecule has 0 heterocycles. The molecular formula is C4H7BO3. The molecule has 0 N–H and O–H groups in total. The smallest absolute Gasteiger partial charge is 0.462 e. The van der Waals surface area contributed by atoms with Crippen LogP contribution in [0.2, 0.25) is 0 Å². The third kappa shape index (κ3) is 2.51. The Morgan fingerprint density at radius 1 is 1.38 bits per heavy atom. The van der Waals surface area contributed by atoms with E-state index in [0.29, 0.717) is 0 Å². The van der Waals surface area contributed by atoms with Crippen LogP contribution < -0.4 is 0 Å². The van der Waals surface area contributed by atoms with E-state index in [1.807, 2.05) is 6.11 Å². The molecule has 0 rings (SSSR count). The van der Waals surface area contributed by atoms with Crippen LogP contribution in [0.25, 0.3) is 0 Å². The van der Waals surface area contributed by atoms with E-state index in [9.17, 15) is 0 Å². The molecule has 0 aliphatic rings. The normalized spacial score (nSPS) is 7.62. The van der Waals surface area contributed by atoms with E-state index in [-0.39, 0.29) is 0 Å². The van der Waals surface area contributed by atoms with Crippen LogP contribution in [-0.4, -0.2) is 21.5 Å². The van der Waals surface area contributed by atoms with E-state index in [1.165, 1.54) is 14.2 Å². The molecule has 4 heteroatoms. The monoisotopic (exact) mass is 114 g/mol. The Morgan fingerprint density at radius 2 is 1.88 bits per heavy atom. The number of hydrogen-bond acceptors (Lipinski definition) is 3. The Kier molecular flexibility index (Phi) is 4.13. The van der Waals surface area contributed by atoms with Crippen molar-refractivity contribution in [2.45, 2.75) is 0 Å². The van der Waals surface area contributed by atoms with Gasteiger partial charge in [-0.15, -0.1) is 0 Å². The van der Waals surface area contributed by atoms with Gasteiger partial charge in [-0.05, 0) is 0 Å². The number of hydrogen-bond donors (Lipinski definition) is 0. The summed E-state index contributed by atoms with van der Waals surface area (Å²) >= 11 is 0. The van der Waals surface area contributed by atoms with Crippen molar-refractivity contribution in [3.05, 3.63) is 0 Å². The van der Waals surface area contributed by atoms with Crippen LogP contribution in [-0.2, 0) is 14.0 Å². The molecule has 3 nitrogen and oxygen atoms in total. The lowest BCUT2D eigenvalue weighted by Gasteiger charge is -2.01. The molecule has 0 aromatic carbocycles. The van der Waals surface area contributed by atoms with Gasteiger partial charge in [0.05, 0.1) is 6.11 Å². The van der Waals surface area contributed by atoms with Crippen LogP contribution in [0.15, 0.2) is 0 Å². The standard InChI is InChI=1S/C4H7BO3/c1-4-8-5(6-2)7-3/h1H,2-3H3. The van der Waals surface area contributed by atoms with Crippen LogP contribution >= 0.6 is 0 Å². The molecule has 44 valence electrons. The molecule has 0 saturated carbocycles. The highest BCUT2D eigenvalue weighted by Crippen LogP contribution is 1.83. The quantitative estimate of drug-likeness (QED) is 0.377. The van der Waals surface area contributed by atoms with E-state index < -0.39 is 7.32 Å². The van der Waals surface area contributed by atoms with Gasteiger partial charge in [0.1, 0.15) is 0 Å². The second-order valence-electron chi connectivity index (χ2n) is 0.996. The second-order valence-corrected chi connectivity index (χ2v) is 0.996. The lowest BCUT2D eigenvalue weighted by molar-refractivity contribution is 0.190. The summed E-state index contributed by atoms with van der Waals surface area (Å²) < 4.78 is 13.5. The lowest BCUT2D eigenvalue weighted by Crippen LogP contribution is -2.21. The average molecular weight is 114 g/mol. The molecule has 0 unspecified atom stereocenters. The van der Waals surface area contributed by atoms with Crippen molar-refractivity contribution in [2.75, 3.05) is 14.2 Å². The minimum atomic E-state index is -0.736. The fraction of sp³-hybridized carbons (Fsp3) is 0.500. The molecule has 0 aliphatic carbocycles. The predicted octanol–water partition coefficient (Wildman–Crippen LogP) is -0.129. The second kappa shape index (κ2) is 4.50. The maximum absolute atomic E-state index is 4.75.